The van der Waals surface area contributed by atoms with Crippen molar-refractivity contribution in [3.8, 4) is 5.75 Å². The van der Waals surface area contributed by atoms with Gasteiger partial charge in [-0.25, -0.2) is 8.78 Å². The van der Waals surface area contributed by atoms with Crippen molar-refractivity contribution < 1.29 is 13.5 Å². The molecule has 0 aliphatic carbocycles. The lowest BCUT2D eigenvalue weighted by atomic mass is 10.1. The van der Waals surface area contributed by atoms with Gasteiger partial charge in [-0.3, -0.25) is 9.79 Å². The molecular weight excluding hydrogens is 338 g/mol. The van der Waals surface area contributed by atoms with Crippen LogP contribution in [-0.4, -0.2) is 18.3 Å². The van der Waals surface area contributed by atoms with E-state index in [1.807, 2.05) is 0 Å². The minimum absolute atomic E-state index is 0.0194. The van der Waals surface area contributed by atoms with Gasteiger partial charge in [0, 0.05) is 29.3 Å². The molecule has 0 spiro atoms. The van der Waals surface area contributed by atoms with Gasteiger partial charge in [0.1, 0.15) is 5.82 Å². The number of aliphatic imine (C=N–C) groups is 1. The molecule has 0 atom stereocenters. The van der Waals surface area contributed by atoms with Crippen LogP contribution in [0.15, 0.2) is 46.2 Å². The van der Waals surface area contributed by atoms with E-state index in [-0.39, 0.29) is 22.0 Å². The Kier molecular flexibility index (Phi) is 4.31. The summed E-state index contributed by atoms with van der Waals surface area (Å²) in [4.78, 5) is 18.0. The molecule has 122 valence electrons. The fourth-order valence-corrected chi connectivity index (χ4v) is 2.47. The number of aromatic nitrogens is 1. The summed E-state index contributed by atoms with van der Waals surface area (Å²) in [7, 11) is 1.34. The second-order valence-corrected chi connectivity index (χ2v) is 5.33. The average Bonchev–Trinajstić information content (AvgIpc) is 2.55. The molecule has 0 saturated heterocycles. The van der Waals surface area contributed by atoms with Gasteiger partial charge in [-0.15, -0.1) is 0 Å². The third kappa shape index (κ3) is 3.00. The Morgan fingerprint density at radius 1 is 1.21 bits per heavy atom. The SMILES string of the molecule is COc1ccc(C=Nc2cc(F)cc3[nH]c(=O)ccc23)c(Cl)c1F. The van der Waals surface area contributed by atoms with E-state index in [0.29, 0.717) is 16.5 Å². The van der Waals surface area contributed by atoms with E-state index >= 15 is 0 Å². The second-order valence-electron chi connectivity index (χ2n) is 4.95. The first-order chi connectivity index (χ1) is 11.5. The maximum absolute atomic E-state index is 13.9. The number of fused-ring (bicyclic) bond motifs is 1. The number of hydrogen-bond donors (Lipinski definition) is 1. The highest BCUT2D eigenvalue weighted by Crippen LogP contribution is 2.29. The van der Waals surface area contributed by atoms with Crippen LogP contribution in [0.5, 0.6) is 5.75 Å². The molecule has 0 aliphatic heterocycles. The number of aromatic amines is 1. The summed E-state index contributed by atoms with van der Waals surface area (Å²) in [5, 5.41) is 0.407. The van der Waals surface area contributed by atoms with Crippen molar-refractivity contribution >= 4 is 34.4 Å². The van der Waals surface area contributed by atoms with Gasteiger partial charge in [0.05, 0.1) is 23.3 Å². The summed E-state index contributed by atoms with van der Waals surface area (Å²) in [5.41, 5.74) is 0.579. The highest BCUT2D eigenvalue weighted by molar-refractivity contribution is 6.33. The molecule has 1 aromatic heterocycles. The molecule has 0 aliphatic rings. The van der Waals surface area contributed by atoms with Crippen LogP contribution in [0.2, 0.25) is 5.02 Å². The van der Waals surface area contributed by atoms with Gasteiger partial charge in [0.25, 0.3) is 0 Å². The number of nitrogens with one attached hydrogen (secondary N) is 1. The highest BCUT2D eigenvalue weighted by Gasteiger charge is 2.11. The Bertz CT molecular complexity index is 1020. The number of methoxy groups -OCH3 is 1. The molecule has 0 radical (unpaired) electrons. The van der Waals surface area contributed by atoms with Crippen LogP contribution < -0.4 is 10.3 Å². The van der Waals surface area contributed by atoms with Gasteiger partial charge in [0.15, 0.2) is 11.6 Å². The summed E-state index contributed by atoms with van der Waals surface area (Å²) in [6.07, 6.45) is 1.32. The second kappa shape index (κ2) is 6.41. The van der Waals surface area contributed by atoms with E-state index < -0.39 is 11.6 Å². The lowest BCUT2D eigenvalue weighted by Gasteiger charge is -2.06. The summed E-state index contributed by atoms with van der Waals surface area (Å²) in [6.45, 7) is 0. The number of H-pyrrole nitrogens is 1. The van der Waals surface area contributed by atoms with E-state index in [1.165, 1.54) is 49.7 Å². The molecule has 0 saturated carbocycles. The molecule has 1 N–H and O–H groups in total. The highest BCUT2D eigenvalue weighted by atomic mass is 35.5. The topological polar surface area (TPSA) is 54.4 Å². The van der Waals surface area contributed by atoms with Crippen molar-refractivity contribution in [2.24, 2.45) is 4.99 Å². The van der Waals surface area contributed by atoms with E-state index in [2.05, 4.69) is 9.98 Å². The lowest BCUT2D eigenvalue weighted by Crippen LogP contribution is -2.02. The van der Waals surface area contributed by atoms with Crippen LogP contribution in [-0.2, 0) is 0 Å². The molecule has 0 fully saturated rings. The Morgan fingerprint density at radius 2 is 2.00 bits per heavy atom. The first kappa shape index (κ1) is 16.1. The molecule has 0 amide bonds. The molecule has 7 heteroatoms. The predicted octanol–water partition coefficient (Wildman–Crippen LogP) is 4.22. The largest absolute Gasteiger partial charge is 0.494 e. The Morgan fingerprint density at radius 3 is 2.75 bits per heavy atom. The molecule has 4 nitrogen and oxygen atoms in total. The average molecular weight is 349 g/mol. The third-order valence-electron chi connectivity index (χ3n) is 3.42. The lowest BCUT2D eigenvalue weighted by molar-refractivity contribution is 0.386. The van der Waals surface area contributed by atoms with Crippen molar-refractivity contribution in [3.05, 3.63) is 69.0 Å². The fourth-order valence-electron chi connectivity index (χ4n) is 2.27. The van der Waals surface area contributed by atoms with Gasteiger partial charge >= 0.3 is 0 Å². The molecule has 24 heavy (non-hydrogen) atoms. The predicted molar refractivity (Wildman–Crippen MR) is 89.7 cm³/mol. The fraction of sp³-hybridized carbons (Fsp3) is 0.0588. The number of rotatable bonds is 3. The zero-order valence-electron chi connectivity index (χ0n) is 12.4. The van der Waals surface area contributed by atoms with E-state index in [4.69, 9.17) is 16.3 Å². The first-order valence-corrected chi connectivity index (χ1v) is 7.26. The molecular formula is C17H11ClF2N2O2. The first-order valence-electron chi connectivity index (χ1n) is 6.88. The maximum atomic E-state index is 13.9. The summed E-state index contributed by atoms with van der Waals surface area (Å²) in [5.74, 6) is -1.23. The minimum atomic E-state index is -0.698. The zero-order valence-corrected chi connectivity index (χ0v) is 13.2. The summed E-state index contributed by atoms with van der Waals surface area (Å²) in [6, 6.07) is 8.23. The molecule has 0 bridgehead atoms. The molecule has 3 rings (SSSR count). The van der Waals surface area contributed by atoms with Crippen molar-refractivity contribution in [2.75, 3.05) is 7.11 Å². The molecule has 3 aromatic rings. The monoisotopic (exact) mass is 348 g/mol. The van der Waals surface area contributed by atoms with E-state index in [9.17, 15) is 13.6 Å². The molecule has 1 heterocycles. The van der Waals surface area contributed by atoms with Crippen LogP contribution in [0.25, 0.3) is 10.9 Å². The smallest absolute Gasteiger partial charge is 0.248 e. The normalized spacial score (nSPS) is 11.3. The Labute approximate surface area is 140 Å². The van der Waals surface area contributed by atoms with Crippen LogP contribution in [0.1, 0.15) is 5.56 Å². The number of halogens is 3. The number of hydrogen-bond acceptors (Lipinski definition) is 3. The van der Waals surface area contributed by atoms with E-state index in [1.54, 1.807) is 0 Å². The molecule has 0 unspecified atom stereocenters. The summed E-state index contributed by atoms with van der Waals surface area (Å²) < 4.78 is 32.5. The number of benzene rings is 2. The Hall–Kier alpha value is -2.73. The number of pyridine rings is 1. The number of nitrogens with zero attached hydrogens (tertiary/aromatic N) is 1. The van der Waals surface area contributed by atoms with Crippen molar-refractivity contribution in [1.29, 1.82) is 0 Å². The quantitative estimate of drug-likeness (QED) is 0.720. The van der Waals surface area contributed by atoms with Crippen LogP contribution in [0.4, 0.5) is 14.5 Å². The van der Waals surface area contributed by atoms with Crippen molar-refractivity contribution in [2.45, 2.75) is 0 Å². The van der Waals surface area contributed by atoms with Gasteiger partial charge in [-0.1, -0.05) is 11.6 Å². The van der Waals surface area contributed by atoms with Gasteiger partial charge < -0.3 is 9.72 Å². The minimum Gasteiger partial charge on any atom is -0.494 e. The van der Waals surface area contributed by atoms with Crippen molar-refractivity contribution in [3.63, 3.8) is 0 Å². The third-order valence-corrected chi connectivity index (χ3v) is 3.81. The van der Waals surface area contributed by atoms with Crippen LogP contribution in [0.3, 0.4) is 0 Å². The standard InChI is InChI=1S/C17H11ClF2N2O2/c1-24-14-4-2-9(16(18)17(14)20)8-21-12-6-10(19)7-13-11(12)3-5-15(23)22-13/h2-8H,1H3,(H,22,23). The van der Waals surface area contributed by atoms with Gasteiger partial charge in [-0.2, -0.15) is 0 Å². The number of ether oxygens (including phenoxy) is 1. The van der Waals surface area contributed by atoms with Crippen LogP contribution in [0, 0.1) is 11.6 Å². The zero-order chi connectivity index (χ0) is 17.3. The Balaban J connectivity index is 2.09. The summed E-state index contributed by atoms with van der Waals surface area (Å²) >= 11 is 5.95. The molecule has 2 aromatic carbocycles. The van der Waals surface area contributed by atoms with Crippen LogP contribution >= 0.6 is 11.6 Å². The van der Waals surface area contributed by atoms with Gasteiger partial charge in [0.2, 0.25) is 5.56 Å². The van der Waals surface area contributed by atoms with Crippen molar-refractivity contribution in [1.82, 2.24) is 4.98 Å². The maximum Gasteiger partial charge on any atom is 0.248 e. The van der Waals surface area contributed by atoms with Gasteiger partial charge in [-0.05, 0) is 24.3 Å². The van der Waals surface area contributed by atoms with E-state index in [0.717, 1.165) is 0 Å².